The monoisotopic (exact) mass is 247 g/mol. The molecule has 1 aromatic heterocycles. The molecule has 0 saturated carbocycles. The molecule has 0 amide bonds. The van der Waals surface area contributed by atoms with E-state index in [9.17, 15) is 9.18 Å². The first-order valence-electron chi connectivity index (χ1n) is 5.18. The quantitative estimate of drug-likeness (QED) is 0.863. The molecular formula is C12H10FN3O2. The van der Waals surface area contributed by atoms with Crippen LogP contribution in [-0.2, 0) is 6.54 Å². The summed E-state index contributed by atoms with van der Waals surface area (Å²) in [6.45, 7) is 0.232. The van der Waals surface area contributed by atoms with E-state index < -0.39 is 5.97 Å². The maximum absolute atomic E-state index is 12.7. The van der Waals surface area contributed by atoms with Gasteiger partial charge in [-0.1, -0.05) is 0 Å². The first-order valence-corrected chi connectivity index (χ1v) is 5.18. The number of aromatic carboxylic acids is 1. The van der Waals surface area contributed by atoms with Gasteiger partial charge >= 0.3 is 5.97 Å². The zero-order valence-electron chi connectivity index (χ0n) is 9.30. The summed E-state index contributed by atoms with van der Waals surface area (Å²) in [5.74, 6) is -1.40. The Labute approximate surface area is 102 Å². The van der Waals surface area contributed by atoms with Crippen molar-refractivity contribution in [1.82, 2.24) is 9.97 Å². The summed E-state index contributed by atoms with van der Waals surface area (Å²) in [7, 11) is 0. The van der Waals surface area contributed by atoms with Crippen LogP contribution in [0.5, 0.6) is 0 Å². The van der Waals surface area contributed by atoms with Crippen LogP contribution in [0.25, 0.3) is 0 Å². The van der Waals surface area contributed by atoms with E-state index in [1.807, 2.05) is 0 Å². The molecule has 0 unspecified atom stereocenters. The van der Waals surface area contributed by atoms with Gasteiger partial charge in [-0.15, -0.1) is 0 Å². The minimum Gasteiger partial charge on any atom is -0.478 e. The van der Waals surface area contributed by atoms with Gasteiger partial charge in [0.15, 0.2) is 0 Å². The number of nitrogens with zero attached hydrogens (tertiary/aromatic N) is 2. The Morgan fingerprint density at radius 2 is 2.06 bits per heavy atom. The zero-order chi connectivity index (χ0) is 13.0. The van der Waals surface area contributed by atoms with Crippen LogP contribution in [0.1, 0.15) is 16.1 Å². The van der Waals surface area contributed by atoms with Gasteiger partial charge < -0.3 is 10.4 Å². The topological polar surface area (TPSA) is 75.1 Å². The van der Waals surface area contributed by atoms with E-state index in [0.717, 1.165) is 0 Å². The van der Waals surface area contributed by atoms with Crippen molar-refractivity contribution in [2.45, 2.75) is 6.54 Å². The van der Waals surface area contributed by atoms with Crippen LogP contribution < -0.4 is 5.32 Å². The van der Waals surface area contributed by atoms with E-state index in [-0.39, 0.29) is 17.9 Å². The largest absolute Gasteiger partial charge is 0.478 e. The number of aromatic nitrogens is 2. The third-order valence-corrected chi connectivity index (χ3v) is 2.33. The van der Waals surface area contributed by atoms with Crippen LogP contribution in [0.4, 0.5) is 10.1 Å². The molecule has 0 saturated heterocycles. The lowest BCUT2D eigenvalue weighted by Gasteiger charge is -2.07. The van der Waals surface area contributed by atoms with Gasteiger partial charge in [-0.05, 0) is 24.3 Å². The summed E-state index contributed by atoms with van der Waals surface area (Å²) >= 11 is 0. The molecule has 92 valence electrons. The number of carboxylic acids is 1. The second kappa shape index (κ2) is 5.22. The fourth-order valence-corrected chi connectivity index (χ4v) is 1.43. The summed E-state index contributed by atoms with van der Waals surface area (Å²) in [6.07, 6.45) is 2.53. The van der Waals surface area contributed by atoms with Crippen LogP contribution in [0.2, 0.25) is 0 Å². The van der Waals surface area contributed by atoms with E-state index in [1.165, 1.54) is 24.7 Å². The van der Waals surface area contributed by atoms with E-state index >= 15 is 0 Å². The highest BCUT2D eigenvalue weighted by molar-refractivity contribution is 5.88. The molecule has 6 heteroatoms. The zero-order valence-corrected chi connectivity index (χ0v) is 9.30. The first kappa shape index (κ1) is 12.0. The van der Waals surface area contributed by atoms with Crippen molar-refractivity contribution in [3.05, 3.63) is 53.9 Å². The van der Waals surface area contributed by atoms with Gasteiger partial charge in [-0.25, -0.2) is 19.2 Å². The van der Waals surface area contributed by atoms with Crippen LogP contribution in [0, 0.1) is 5.82 Å². The number of hydrogen-bond donors (Lipinski definition) is 2. The third kappa shape index (κ3) is 2.79. The Bertz CT molecular complexity index is 558. The van der Waals surface area contributed by atoms with Gasteiger partial charge in [0, 0.05) is 11.9 Å². The second-order valence-corrected chi connectivity index (χ2v) is 3.55. The predicted molar refractivity (Wildman–Crippen MR) is 62.7 cm³/mol. The average Bonchev–Trinajstić information content (AvgIpc) is 2.38. The fourth-order valence-electron chi connectivity index (χ4n) is 1.43. The highest BCUT2D eigenvalue weighted by Gasteiger charge is 2.10. The molecule has 1 heterocycles. The molecule has 0 aliphatic heterocycles. The van der Waals surface area contributed by atoms with E-state index in [2.05, 4.69) is 15.3 Å². The lowest BCUT2D eigenvalue weighted by atomic mass is 10.2. The molecular weight excluding hydrogens is 237 g/mol. The van der Waals surface area contributed by atoms with Crippen molar-refractivity contribution in [2.75, 3.05) is 5.32 Å². The predicted octanol–water partition coefficient (Wildman–Crippen LogP) is 1.93. The summed E-state index contributed by atoms with van der Waals surface area (Å²) in [5, 5.41) is 11.9. The van der Waals surface area contributed by atoms with Crippen molar-refractivity contribution in [3.8, 4) is 0 Å². The smallest absolute Gasteiger partial charge is 0.339 e. The summed E-state index contributed by atoms with van der Waals surface area (Å²) in [5.41, 5.74) is 1.11. The molecule has 0 radical (unpaired) electrons. The summed E-state index contributed by atoms with van der Waals surface area (Å²) in [6, 6.07) is 5.77. The molecule has 0 bridgehead atoms. The molecule has 0 aliphatic rings. The molecule has 5 nitrogen and oxygen atoms in total. The first-order chi connectivity index (χ1) is 8.66. The molecule has 0 fully saturated rings. The van der Waals surface area contributed by atoms with Crippen molar-refractivity contribution >= 4 is 11.7 Å². The molecule has 2 aromatic rings. The van der Waals surface area contributed by atoms with Gasteiger partial charge in [0.05, 0.1) is 12.2 Å². The maximum atomic E-state index is 12.7. The van der Waals surface area contributed by atoms with Crippen molar-refractivity contribution in [1.29, 1.82) is 0 Å². The van der Waals surface area contributed by atoms with Gasteiger partial charge in [-0.3, -0.25) is 0 Å². The standard InChI is InChI=1S/C12H10FN3O2/c13-8-1-3-9(4-2-8)15-6-11-10(12(17)18)5-14-7-16-11/h1-5,7,15H,6H2,(H,17,18). The molecule has 0 spiro atoms. The lowest BCUT2D eigenvalue weighted by molar-refractivity contribution is 0.0694. The number of hydrogen-bond acceptors (Lipinski definition) is 4. The molecule has 1 aromatic carbocycles. The highest BCUT2D eigenvalue weighted by atomic mass is 19.1. The van der Waals surface area contributed by atoms with E-state index in [0.29, 0.717) is 11.4 Å². The van der Waals surface area contributed by atoms with Crippen LogP contribution in [0.3, 0.4) is 0 Å². The second-order valence-electron chi connectivity index (χ2n) is 3.55. The molecule has 18 heavy (non-hydrogen) atoms. The van der Waals surface area contributed by atoms with E-state index in [1.54, 1.807) is 12.1 Å². The fraction of sp³-hybridized carbons (Fsp3) is 0.0833. The number of carbonyl (C=O) groups is 1. The normalized spacial score (nSPS) is 10.1. The van der Waals surface area contributed by atoms with E-state index in [4.69, 9.17) is 5.11 Å². The minimum absolute atomic E-state index is 0.0483. The van der Waals surface area contributed by atoms with Gasteiger partial charge in [0.2, 0.25) is 0 Å². The number of halogens is 1. The Hall–Kier alpha value is -2.50. The van der Waals surface area contributed by atoms with Gasteiger partial charge in [0.1, 0.15) is 17.7 Å². The molecule has 0 atom stereocenters. The van der Waals surface area contributed by atoms with Crippen molar-refractivity contribution in [3.63, 3.8) is 0 Å². The SMILES string of the molecule is O=C(O)c1cncnc1CNc1ccc(F)cc1. The van der Waals surface area contributed by atoms with Crippen LogP contribution in [-0.4, -0.2) is 21.0 Å². The van der Waals surface area contributed by atoms with Crippen molar-refractivity contribution < 1.29 is 14.3 Å². The number of carboxylic acid groups (broad SMARTS) is 1. The highest BCUT2D eigenvalue weighted by Crippen LogP contribution is 2.11. The molecule has 2 N–H and O–H groups in total. The number of rotatable bonds is 4. The molecule has 2 rings (SSSR count). The Kier molecular flexibility index (Phi) is 3.47. The lowest BCUT2D eigenvalue weighted by Crippen LogP contribution is -2.10. The minimum atomic E-state index is -1.08. The van der Waals surface area contributed by atoms with Crippen LogP contribution >= 0.6 is 0 Å². The maximum Gasteiger partial charge on any atom is 0.339 e. The number of anilines is 1. The Balaban J connectivity index is 2.10. The van der Waals surface area contributed by atoms with Crippen molar-refractivity contribution in [2.24, 2.45) is 0 Å². The number of benzene rings is 1. The van der Waals surface area contributed by atoms with Gasteiger partial charge in [-0.2, -0.15) is 0 Å². The Morgan fingerprint density at radius 1 is 1.33 bits per heavy atom. The average molecular weight is 247 g/mol. The Morgan fingerprint density at radius 3 is 2.72 bits per heavy atom. The molecule has 0 aliphatic carbocycles. The summed E-state index contributed by atoms with van der Waals surface area (Å²) in [4.78, 5) is 18.5. The number of nitrogens with one attached hydrogen (secondary N) is 1. The third-order valence-electron chi connectivity index (χ3n) is 2.33. The van der Waals surface area contributed by atoms with Gasteiger partial charge in [0.25, 0.3) is 0 Å². The van der Waals surface area contributed by atoms with Crippen LogP contribution in [0.15, 0.2) is 36.8 Å². The summed E-state index contributed by atoms with van der Waals surface area (Å²) < 4.78 is 12.7.